The minimum Gasteiger partial charge on any atom is -0.393 e. The first-order valence-corrected chi connectivity index (χ1v) is 4.98. The van der Waals surface area contributed by atoms with Crippen LogP contribution in [0.4, 0.5) is 5.69 Å². The van der Waals surface area contributed by atoms with Crippen LogP contribution in [0.15, 0.2) is 23.4 Å². The average Bonchev–Trinajstić information content (AvgIpc) is 2.58. The van der Waals surface area contributed by atoms with Gasteiger partial charge in [-0.1, -0.05) is 13.8 Å². The smallest absolute Gasteiger partial charge is 0.296 e. The first-order chi connectivity index (χ1) is 7.61. The lowest BCUT2D eigenvalue weighted by atomic mass is 10.1. The summed E-state index contributed by atoms with van der Waals surface area (Å²) in [6, 6.07) is 0. The van der Waals surface area contributed by atoms with Gasteiger partial charge in [0.25, 0.3) is 5.56 Å². The molecule has 2 aromatic heterocycles. The Balaban J connectivity index is 2.60. The summed E-state index contributed by atoms with van der Waals surface area (Å²) in [7, 11) is 0. The standard InChI is InChI=1S/C10H13N5O/c1-6(2)9-8(11)10(16)15(14-9)7-5-12-3-4-13-7/h3-6,14H,11H2,1-2H3. The van der Waals surface area contributed by atoms with Crippen molar-refractivity contribution in [2.24, 2.45) is 0 Å². The SMILES string of the molecule is CC(C)c1[nH]n(-c2cnccn2)c(=O)c1N. The lowest BCUT2D eigenvalue weighted by molar-refractivity contribution is 0.745. The monoisotopic (exact) mass is 219 g/mol. The Kier molecular flexibility index (Phi) is 2.47. The van der Waals surface area contributed by atoms with Gasteiger partial charge in [0, 0.05) is 12.4 Å². The molecule has 2 aromatic rings. The predicted octanol–water partition coefficient (Wildman–Crippen LogP) is 0.661. The van der Waals surface area contributed by atoms with Crippen LogP contribution in [-0.2, 0) is 0 Å². The Bertz CT molecular complexity index is 540. The molecule has 0 aromatic carbocycles. The molecule has 2 heterocycles. The van der Waals surface area contributed by atoms with Crippen LogP contribution in [0.5, 0.6) is 0 Å². The van der Waals surface area contributed by atoms with Gasteiger partial charge in [0.05, 0.1) is 11.9 Å². The summed E-state index contributed by atoms with van der Waals surface area (Å²) in [6.45, 7) is 3.92. The van der Waals surface area contributed by atoms with Gasteiger partial charge in [-0.05, 0) is 5.92 Å². The molecular formula is C10H13N5O. The summed E-state index contributed by atoms with van der Waals surface area (Å²) in [6.07, 6.45) is 4.57. The van der Waals surface area contributed by atoms with Crippen molar-refractivity contribution in [1.82, 2.24) is 19.7 Å². The topological polar surface area (TPSA) is 89.6 Å². The molecule has 16 heavy (non-hydrogen) atoms. The number of nitrogens with two attached hydrogens (primary N) is 1. The molecule has 84 valence electrons. The summed E-state index contributed by atoms with van der Waals surface area (Å²) < 4.78 is 1.30. The van der Waals surface area contributed by atoms with Gasteiger partial charge in [-0.25, -0.2) is 4.98 Å². The number of hydrogen-bond acceptors (Lipinski definition) is 4. The van der Waals surface area contributed by atoms with Crippen LogP contribution in [0.25, 0.3) is 5.82 Å². The Morgan fingerprint density at radius 2 is 2.19 bits per heavy atom. The van der Waals surface area contributed by atoms with Gasteiger partial charge in [0.1, 0.15) is 5.69 Å². The molecule has 6 nitrogen and oxygen atoms in total. The molecule has 0 saturated carbocycles. The Morgan fingerprint density at radius 3 is 2.69 bits per heavy atom. The summed E-state index contributed by atoms with van der Waals surface area (Å²) >= 11 is 0. The van der Waals surface area contributed by atoms with Crippen molar-refractivity contribution < 1.29 is 0 Å². The minimum absolute atomic E-state index is 0.158. The first kappa shape index (κ1) is 10.4. The van der Waals surface area contributed by atoms with E-state index in [4.69, 9.17) is 5.73 Å². The predicted molar refractivity (Wildman–Crippen MR) is 60.5 cm³/mol. The summed E-state index contributed by atoms with van der Waals surface area (Å²) in [5, 5.41) is 2.94. The van der Waals surface area contributed by atoms with Crippen LogP contribution in [0, 0.1) is 0 Å². The van der Waals surface area contributed by atoms with Gasteiger partial charge >= 0.3 is 0 Å². The van der Waals surface area contributed by atoms with E-state index >= 15 is 0 Å². The molecule has 2 rings (SSSR count). The average molecular weight is 219 g/mol. The maximum Gasteiger partial charge on any atom is 0.296 e. The molecule has 0 spiro atoms. The zero-order chi connectivity index (χ0) is 11.7. The van der Waals surface area contributed by atoms with Crippen LogP contribution in [0.3, 0.4) is 0 Å². The zero-order valence-corrected chi connectivity index (χ0v) is 9.14. The van der Waals surface area contributed by atoms with Gasteiger partial charge in [-0.3, -0.25) is 14.9 Å². The zero-order valence-electron chi connectivity index (χ0n) is 9.14. The molecule has 0 bridgehead atoms. The Morgan fingerprint density at radius 1 is 1.44 bits per heavy atom. The van der Waals surface area contributed by atoms with Crippen molar-refractivity contribution in [2.45, 2.75) is 19.8 Å². The number of hydrogen-bond donors (Lipinski definition) is 2. The molecular weight excluding hydrogens is 206 g/mol. The van der Waals surface area contributed by atoms with E-state index in [1.807, 2.05) is 13.8 Å². The number of H-pyrrole nitrogens is 1. The van der Waals surface area contributed by atoms with E-state index in [2.05, 4.69) is 15.1 Å². The fraction of sp³-hybridized carbons (Fsp3) is 0.300. The third-order valence-electron chi connectivity index (χ3n) is 2.31. The fourth-order valence-electron chi connectivity index (χ4n) is 1.48. The minimum atomic E-state index is -0.288. The molecule has 0 fully saturated rings. The van der Waals surface area contributed by atoms with Crippen LogP contribution >= 0.6 is 0 Å². The van der Waals surface area contributed by atoms with Gasteiger partial charge < -0.3 is 5.73 Å². The highest BCUT2D eigenvalue weighted by atomic mass is 16.1. The van der Waals surface area contributed by atoms with Crippen molar-refractivity contribution in [3.05, 3.63) is 34.6 Å². The number of nitrogens with zero attached hydrogens (tertiary/aromatic N) is 3. The van der Waals surface area contributed by atoms with Crippen molar-refractivity contribution >= 4 is 5.69 Å². The fourth-order valence-corrected chi connectivity index (χ4v) is 1.48. The number of aromatic nitrogens is 4. The molecule has 0 amide bonds. The lowest BCUT2D eigenvalue weighted by Gasteiger charge is -2.02. The quantitative estimate of drug-likeness (QED) is 0.776. The number of rotatable bonds is 2. The van der Waals surface area contributed by atoms with E-state index in [1.165, 1.54) is 17.1 Å². The molecule has 6 heteroatoms. The van der Waals surface area contributed by atoms with E-state index < -0.39 is 0 Å². The maximum atomic E-state index is 11.8. The summed E-state index contributed by atoms with van der Waals surface area (Å²) in [4.78, 5) is 19.8. The van der Waals surface area contributed by atoms with Gasteiger partial charge in [-0.2, -0.15) is 4.68 Å². The van der Waals surface area contributed by atoms with Gasteiger partial charge in [0.2, 0.25) is 0 Å². The highest BCUT2D eigenvalue weighted by Gasteiger charge is 2.15. The Hall–Kier alpha value is -2.11. The van der Waals surface area contributed by atoms with Gasteiger partial charge in [-0.15, -0.1) is 0 Å². The van der Waals surface area contributed by atoms with Crippen molar-refractivity contribution in [1.29, 1.82) is 0 Å². The van der Waals surface area contributed by atoms with E-state index in [1.54, 1.807) is 6.20 Å². The second-order valence-electron chi connectivity index (χ2n) is 3.80. The van der Waals surface area contributed by atoms with E-state index in [0.717, 1.165) is 5.69 Å². The molecule has 0 aliphatic carbocycles. The van der Waals surface area contributed by atoms with Crippen molar-refractivity contribution in [3.8, 4) is 5.82 Å². The highest BCUT2D eigenvalue weighted by molar-refractivity contribution is 5.44. The van der Waals surface area contributed by atoms with Crippen LogP contribution < -0.4 is 11.3 Å². The van der Waals surface area contributed by atoms with Crippen molar-refractivity contribution in [3.63, 3.8) is 0 Å². The number of anilines is 1. The molecule has 0 aliphatic heterocycles. The van der Waals surface area contributed by atoms with Crippen molar-refractivity contribution in [2.75, 3.05) is 5.73 Å². The van der Waals surface area contributed by atoms with E-state index in [9.17, 15) is 4.79 Å². The van der Waals surface area contributed by atoms with Crippen LogP contribution in [0.1, 0.15) is 25.5 Å². The number of nitrogens with one attached hydrogen (secondary N) is 1. The van der Waals surface area contributed by atoms with Crippen LogP contribution in [0.2, 0.25) is 0 Å². The maximum absolute atomic E-state index is 11.8. The van der Waals surface area contributed by atoms with E-state index in [0.29, 0.717) is 5.82 Å². The third-order valence-corrected chi connectivity index (χ3v) is 2.31. The Labute approximate surface area is 92.1 Å². The second kappa shape index (κ2) is 3.80. The number of nitrogen functional groups attached to an aromatic ring is 1. The van der Waals surface area contributed by atoms with Gasteiger partial charge in [0.15, 0.2) is 5.82 Å². The lowest BCUT2D eigenvalue weighted by Crippen LogP contribution is -2.17. The highest BCUT2D eigenvalue weighted by Crippen LogP contribution is 2.16. The third kappa shape index (κ3) is 1.58. The largest absolute Gasteiger partial charge is 0.393 e. The first-order valence-electron chi connectivity index (χ1n) is 4.98. The molecule has 0 unspecified atom stereocenters. The summed E-state index contributed by atoms with van der Waals surface area (Å²) in [5.41, 5.74) is 6.40. The molecule has 0 aliphatic rings. The van der Waals surface area contributed by atoms with Crippen LogP contribution in [-0.4, -0.2) is 19.7 Å². The molecule has 3 N–H and O–H groups in total. The number of aromatic amines is 1. The molecule has 0 saturated heterocycles. The molecule has 0 radical (unpaired) electrons. The normalized spacial score (nSPS) is 10.9. The second-order valence-corrected chi connectivity index (χ2v) is 3.80. The molecule has 0 atom stereocenters. The van der Waals surface area contributed by atoms with E-state index in [-0.39, 0.29) is 17.2 Å². The summed E-state index contributed by atoms with van der Waals surface area (Å²) in [5.74, 6) is 0.594.